The van der Waals surface area contributed by atoms with Crippen molar-refractivity contribution in [3.63, 3.8) is 0 Å². The average molecular weight is 315 g/mol. The number of carbonyl (C=O) groups excluding carboxylic acids is 2. The summed E-state index contributed by atoms with van der Waals surface area (Å²) >= 11 is 0. The summed E-state index contributed by atoms with van der Waals surface area (Å²) in [5, 5.41) is 10.5. The Bertz CT molecular complexity index is 743. The van der Waals surface area contributed by atoms with Crippen LogP contribution in [-0.4, -0.2) is 32.0 Å². The molecule has 1 N–H and O–H groups in total. The Kier molecular flexibility index (Phi) is 3.59. The molecule has 3 rings (SSSR count). The molecule has 120 valence electrons. The van der Waals surface area contributed by atoms with Crippen molar-refractivity contribution >= 4 is 11.9 Å². The van der Waals surface area contributed by atoms with Crippen molar-refractivity contribution in [2.24, 2.45) is 0 Å². The van der Waals surface area contributed by atoms with Crippen LogP contribution in [0.4, 0.5) is 4.79 Å². The molecule has 0 aromatic carbocycles. The molecule has 1 atom stereocenters. The van der Waals surface area contributed by atoms with E-state index in [1.807, 2.05) is 13.8 Å². The third kappa shape index (κ3) is 2.56. The van der Waals surface area contributed by atoms with Gasteiger partial charge in [-0.15, -0.1) is 10.2 Å². The number of pyridine rings is 1. The number of imide groups is 1. The molecule has 1 fully saturated rings. The Hall–Kier alpha value is -2.77. The van der Waals surface area contributed by atoms with E-state index in [4.69, 9.17) is 4.42 Å². The standard InChI is InChI=1S/C15H17N5O3/c1-9(2)12-19-18-11(23-12)8-20-13(21)15(3,17-14(20)22)10-6-4-5-7-16-10/h4-7,9H,8H2,1-3H3,(H,17,22). The highest BCUT2D eigenvalue weighted by atomic mass is 16.4. The van der Waals surface area contributed by atoms with Crippen molar-refractivity contribution in [2.45, 2.75) is 38.8 Å². The second-order valence-corrected chi connectivity index (χ2v) is 5.85. The van der Waals surface area contributed by atoms with E-state index in [2.05, 4.69) is 20.5 Å². The lowest BCUT2D eigenvalue weighted by Gasteiger charge is -2.20. The van der Waals surface area contributed by atoms with E-state index in [-0.39, 0.29) is 18.4 Å². The molecule has 0 saturated carbocycles. The molecule has 1 aliphatic heterocycles. The van der Waals surface area contributed by atoms with Crippen LogP contribution in [0.3, 0.4) is 0 Å². The zero-order valence-corrected chi connectivity index (χ0v) is 13.1. The van der Waals surface area contributed by atoms with Crippen LogP contribution in [0.15, 0.2) is 28.8 Å². The average Bonchev–Trinajstić information content (AvgIpc) is 3.08. The number of nitrogens with one attached hydrogen (secondary N) is 1. The molecule has 1 aliphatic rings. The largest absolute Gasteiger partial charge is 0.423 e. The van der Waals surface area contributed by atoms with E-state index in [0.717, 1.165) is 4.90 Å². The minimum absolute atomic E-state index is 0.0627. The van der Waals surface area contributed by atoms with Crippen LogP contribution in [-0.2, 0) is 16.9 Å². The van der Waals surface area contributed by atoms with Gasteiger partial charge in [-0.25, -0.2) is 4.79 Å². The SMILES string of the molecule is CC(C)c1nnc(CN2C(=O)NC(C)(c3ccccn3)C2=O)o1. The molecular weight excluding hydrogens is 298 g/mol. The van der Waals surface area contributed by atoms with Crippen LogP contribution in [0.25, 0.3) is 0 Å². The van der Waals surface area contributed by atoms with E-state index >= 15 is 0 Å². The lowest BCUT2D eigenvalue weighted by Crippen LogP contribution is -2.41. The zero-order chi connectivity index (χ0) is 16.6. The molecule has 0 bridgehead atoms. The Morgan fingerprint density at radius 3 is 2.70 bits per heavy atom. The summed E-state index contributed by atoms with van der Waals surface area (Å²) in [5.41, 5.74) is -0.714. The number of amides is 3. The first-order valence-corrected chi connectivity index (χ1v) is 7.29. The molecule has 8 heteroatoms. The molecule has 1 saturated heterocycles. The normalized spacial score (nSPS) is 21.1. The summed E-state index contributed by atoms with van der Waals surface area (Å²) in [6, 6.07) is 4.71. The van der Waals surface area contributed by atoms with Gasteiger partial charge < -0.3 is 9.73 Å². The summed E-state index contributed by atoms with van der Waals surface area (Å²) in [5.74, 6) is 0.380. The number of carbonyl (C=O) groups is 2. The summed E-state index contributed by atoms with van der Waals surface area (Å²) in [7, 11) is 0. The summed E-state index contributed by atoms with van der Waals surface area (Å²) in [6.07, 6.45) is 1.58. The predicted molar refractivity (Wildman–Crippen MR) is 79.1 cm³/mol. The minimum Gasteiger partial charge on any atom is -0.423 e. The van der Waals surface area contributed by atoms with Gasteiger partial charge in [0.15, 0.2) is 5.54 Å². The number of rotatable bonds is 4. The van der Waals surface area contributed by atoms with E-state index in [9.17, 15) is 9.59 Å². The van der Waals surface area contributed by atoms with Gasteiger partial charge in [0.25, 0.3) is 5.91 Å². The highest BCUT2D eigenvalue weighted by molar-refractivity contribution is 6.06. The van der Waals surface area contributed by atoms with Gasteiger partial charge in [-0.3, -0.25) is 14.7 Å². The van der Waals surface area contributed by atoms with Crippen LogP contribution < -0.4 is 5.32 Å². The first-order chi connectivity index (χ1) is 10.9. The molecule has 0 radical (unpaired) electrons. The summed E-state index contributed by atoms with van der Waals surface area (Å²) in [6.45, 7) is 5.40. The third-order valence-corrected chi connectivity index (χ3v) is 3.72. The fourth-order valence-electron chi connectivity index (χ4n) is 2.37. The van der Waals surface area contributed by atoms with Gasteiger partial charge in [0.05, 0.1) is 5.69 Å². The Labute approximate surface area is 132 Å². The summed E-state index contributed by atoms with van der Waals surface area (Å²) in [4.78, 5) is 30.1. The fraction of sp³-hybridized carbons (Fsp3) is 0.400. The minimum atomic E-state index is -1.20. The van der Waals surface area contributed by atoms with Crippen LogP contribution >= 0.6 is 0 Å². The Balaban J connectivity index is 1.84. The van der Waals surface area contributed by atoms with Gasteiger partial charge in [-0.2, -0.15) is 0 Å². The Morgan fingerprint density at radius 1 is 1.30 bits per heavy atom. The van der Waals surface area contributed by atoms with Gasteiger partial charge in [0, 0.05) is 12.1 Å². The maximum absolute atomic E-state index is 12.7. The van der Waals surface area contributed by atoms with Crippen LogP contribution in [0.2, 0.25) is 0 Å². The molecule has 3 amide bonds. The van der Waals surface area contributed by atoms with Crippen molar-refractivity contribution in [1.29, 1.82) is 0 Å². The molecule has 2 aromatic rings. The third-order valence-electron chi connectivity index (χ3n) is 3.72. The van der Waals surface area contributed by atoms with Crippen LogP contribution in [0.5, 0.6) is 0 Å². The topological polar surface area (TPSA) is 101 Å². The van der Waals surface area contributed by atoms with Crippen molar-refractivity contribution in [2.75, 3.05) is 0 Å². The number of nitrogens with zero attached hydrogens (tertiary/aromatic N) is 4. The molecule has 8 nitrogen and oxygen atoms in total. The van der Waals surface area contributed by atoms with Crippen LogP contribution in [0, 0.1) is 0 Å². The van der Waals surface area contributed by atoms with Crippen molar-refractivity contribution in [3.05, 3.63) is 41.9 Å². The zero-order valence-electron chi connectivity index (χ0n) is 13.1. The molecular formula is C15H17N5O3. The quantitative estimate of drug-likeness (QED) is 0.859. The van der Waals surface area contributed by atoms with Crippen molar-refractivity contribution in [1.82, 2.24) is 25.4 Å². The molecule has 3 heterocycles. The van der Waals surface area contributed by atoms with E-state index < -0.39 is 17.5 Å². The highest BCUT2D eigenvalue weighted by Gasteiger charge is 2.50. The molecule has 1 unspecified atom stereocenters. The fourth-order valence-corrected chi connectivity index (χ4v) is 2.37. The number of urea groups is 1. The van der Waals surface area contributed by atoms with Gasteiger partial charge in [-0.05, 0) is 19.1 Å². The number of aromatic nitrogens is 3. The van der Waals surface area contributed by atoms with Gasteiger partial charge in [0.2, 0.25) is 11.8 Å². The lowest BCUT2D eigenvalue weighted by molar-refractivity contribution is -0.131. The molecule has 0 aliphatic carbocycles. The monoisotopic (exact) mass is 315 g/mol. The van der Waals surface area contributed by atoms with E-state index in [0.29, 0.717) is 11.6 Å². The number of hydrogen-bond acceptors (Lipinski definition) is 6. The first-order valence-electron chi connectivity index (χ1n) is 7.29. The molecule has 2 aromatic heterocycles. The first kappa shape index (κ1) is 15.1. The second-order valence-electron chi connectivity index (χ2n) is 5.85. The molecule has 23 heavy (non-hydrogen) atoms. The maximum Gasteiger partial charge on any atom is 0.325 e. The highest BCUT2D eigenvalue weighted by Crippen LogP contribution is 2.28. The van der Waals surface area contributed by atoms with E-state index in [1.54, 1.807) is 31.3 Å². The van der Waals surface area contributed by atoms with Crippen LogP contribution in [0.1, 0.15) is 44.2 Å². The lowest BCUT2D eigenvalue weighted by atomic mass is 9.97. The van der Waals surface area contributed by atoms with Crippen molar-refractivity contribution in [3.8, 4) is 0 Å². The van der Waals surface area contributed by atoms with Crippen molar-refractivity contribution < 1.29 is 14.0 Å². The smallest absolute Gasteiger partial charge is 0.325 e. The predicted octanol–water partition coefficient (Wildman–Crippen LogP) is 1.56. The van der Waals surface area contributed by atoms with E-state index in [1.165, 1.54) is 0 Å². The Morgan fingerprint density at radius 2 is 2.09 bits per heavy atom. The van der Waals surface area contributed by atoms with Gasteiger partial charge in [0.1, 0.15) is 6.54 Å². The van der Waals surface area contributed by atoms with Gasteiger partial charge in [-0.1, -0.05) is 19.9 Å². The summed E-state index contributed by atoms with van der Waals surface area (Å²) < 4.78 is 5.47. The van der Waals surface area contributed by atoms with Gasteiger partial charge >= 0.3 is 6.03 Å². The second kappa shape index (κ2) is 5.45. The maximum atomic E-state index is 12.7. The number of hydrogen-bond donors (Lipinski definition) is 1. The molecule has 0 spiro atoms.